The standard InChI is InChI=1S/C27H22ClF2N3O3/c1-27(2)14-18-13-20(9-12-23(18)36-27)31-26(34)33-15-22(16-5-10-21(11-6-16)35-25(29)30)24(32-33)17-3-7-19(28)8-4-17/h3-13,15,25H,14H2,1-2H3,(H,31,34). The summed E-state index contributed by atoms with van der Waals surface area (Å²) in [5.74, 6) is 0.847. The van der Waals surface area contributed by atoms with Crippen LogP contribution < -0.4 is 14.8 Å². The third kappa shape index (κ3) is 5.04. The van der Waals surface area contributed by atoms with Crippen LogP contribution in [0.5, 0.6) is 11.5 Å². The first kappa shape index (κ1) is 23.8. The van der Waals surface area contributed by atoms with Gasteiger partial charge in [0.1, 0.15) is 22.8 Å². The third-order valence-electron chi connectivity index (χ3n) is 5.74. The molecule has 0 spiro atoms. The van der Waals surface area contributed by atoms with E-state index in [-0.39, 0.29) is 11.4 Å². The summed E-state index contributed by atoms with van der Waals surface area (Å²) >= 11 is 6.04. The summed E-state index contributed by atoms with van der Waals surface area (Å²) in [4.78, 5) is 13.1. The van der Waals surface area contributed by atoms with Crippen LogP contribution in [0.3, 0.4) is 0 Å². The van der Waals surface area contributed by atoms with Crippen LogP contribution >= 0.6 is 11.6 Å². The Kier molecular flexibility index (Phi) is 6.14. The molecule has 0 saturated carbocycles. The molecule has 184 valence electrons. The van der Waals surface area contributed by atoms with Crippen molar-refractivity contribution in [2.24, 2.45) is 0 Å². The SMILES string of the molecule is CC1(C)Cc2cc(NC(=O)n3cc(-c4ccc(OC(F)F)cc4)c(-c4ccc(Cl)cc4)n3)ccc2O1. The molecular weight excluding hydrogens is 488 g/mol. The molecule has 1 aromatic heterocycles. The van der Waals surface area contributed by atoms with Crippen LogP contribution in [-0.2, 0) is 6.42 Å². The Bertz CT molecular complexity index is 1420. The van der Waals surface area contributed by atoms with Gasteiger partial charge in [0, 0.05) is 40.0 Å². The van der Waals surface area contributed by atoms with Gasteiger partial charge in [-0.25, -0.2) is 4.79 Å². The molecule has 0 unspecified atom stereocenters. The number of anilines is 1. The number of hydrogen-bond donors (Lipinski definition) is 1. The monoisotopic (exact) mass is 509 g/mol. The van der Waals surface area contributed by atoms with Crippen LogP contribution in [0, 0.1) is 0 Å². The van der Waals surface area contributed by atoms with Crippen molar-refractivity contribution >= 4 is 23.3 Å². The van der Waals surface area contributed by atoms with Crippen LogP contribution in [0.1, 0.15) is 19.4 Å². The van der Waals surface area contributed by atoms with Crippen LogP contribution in [0.25, 0.3) is 22.4 Å². The van der Waals surface area contributed by atoms with Gasteiger partial charge in [-0.15, -0.1) is 0 Å². The van der Waals surface area contributed by atoms with Crippen molar-refractivity contribution in [3.8, 4) is 33.9 Å². The lowest BCUT2D eigenvalue weighted by atomic mass is 10.0. The van der Waals surface area contributed by atoms with E-state index < -0.39 is 12.6 Å². The second kappa shape index (κ2) is 9.28. The number of carbonyl (C=O) groups excluding carboxylic acids is 1. The molecule has 1 N–H and O–H groups in total. The summed E-state index contributed by atoms with van der Waals surface area (Å²) in [6.45, 7) is 1.12. The average Bonchev–Trinajstić information content (AvgIpc) is 3.39. The number of hydrogen-bond acceptors (Lipinski definition) is 4. The topological polar surface area (TPSA) is 65.4 Å². The van der Waals surface area contributed by atoms with Crippen LogP contribution in [0.2, 0.25) is 5.02 Å². The first-order chi connectivity index (χ1) is 17.2. The summed E-state index contributed by atoms with van der Waals surface area (Å²) in [6, 6.07) is 18.3. The van der Waals surface area contributed by atoms with Crippen molar-refractivity contribution in [3.05, 3.63) is 83.5 Å². The Morgan fingerprint density at radius 2 is 1.78 bits per heavy atom. The van der Waals surface area contributed by atoms with Crippen LogP contribution in [-0.4, -0.2) is 28.0 Å². The number of nitrogens with one attached hydrogen (secondary N) is 1. The smallest absolute Gasteiger partial charge is 0.387 e. The van der Waals surface area contributed by atoms with Gasteiger partial charge in [-0.3, -0.25) is 0 Å². The van der Waals surface area contributed by atoms with E-state index in [4.69, 9.17) is 16.3 Å². The number of benzene rings is 3. The second-order valence-electron chi connectivity index (χ2n) is 9.04. The molecule has 1 aliphatic heterocycles. The number of ether oxygens (including phenoxy) is 2. The molecule has 6 nitrogen and oxygen atoms in total. The molecule has 4 aromatic rings. The zero-order valence-corrected chi connectivity index (χ0v) is 20.2. The minimum absolute atomic E-state index is 0.0377. The van der Waals surface area contributed by atoms with E-state index in [1.54, 1.807) is 48.7 Å². The van der Waals surface area contributed by atoms with E-state index >= 15 is 0 Å². The van der Waals surface area contributed by atoms with Gasteiger partial charge >= 0.3 is 12.6 Å². The van der Waals surface area contributed by atoms with Crippen molar-refractivity contribution < 1.29 is 23.0 Å². The predicted octanol–water partition coefficient (Wildman–Crippen LogP) is 7.27. The Morgan fingerprint density at radius 1 is 1.08 bits per heavy atom. The Hall–Kier alpha value is -3.91. The van der Waals surface area contributed by atoms with Gasteiger partial charge in [0.15, 0.2) is 0 Å². The maximum atomic E-state index is 13.1. The van der Waals surface area contributed by atoms with Crippen molar-refractivity contribution in [2.75, 3.05) is 5.32 Å². The van der Waals surface area contributed by atoms with E-state index in [0.29, 0.717) is 27.5 Å². The Balaban J connectivity index is 1.46. The summed E-state index contributed by atoms with van der Waals surface area (Å²) in [7, 11) is 0. The molecular formula is C27H22ClF2N3O3. The fourth-order valence-corrected chi connectivity index (χ4v) is 4.32. The number of fused-ring (bicyclic) bond motifs is 1. The second-order valence-corrected chi connectivity index (χ2v) is 9.47. The molecule has 0 bridgehead atoms. The summed E-state index contributed by atoms with van der Waals surface area (Å²) in [5.41, 5.74) is 3.95. The largest absolute Gasteiger partial charge is 0.487 e. The molecule has 0 fully saturated rings. The highest BCUT2D eigenvalue weighted by atomic mass is 35.5. The van der Waals surface area contributed by atoms with Crippen LogP contribution in [0.4, 0.5) is 19.3 Å². The molecule has 0 atom stereocenters. The first-order valence-corrected chi connectivity index (χ1v) is 11.6. The van der Waals surface area contributed by atoms with Gasteiger partial charge in [-0.2, -0.15) is 18.6 Å². The van der Waals surface area contributed by atoms with Gasteiger partial charge in [-0.1, -0.05) is 35.9 Å². The lowest BCUT2D eigenvalue weighted by Gasteiger charge is -2.16. The molecule has 0 aliphatic carbocycles. The highest BCUT2D eigenvalue weighted by Gasteiger charge is 2.30. The number of carbonyl (C=O) groups is 1. The maximum absolute atomic E-state index is 13.1. The Labute approximate surface area is 211 Å². The minimum atomic E-state index is -2.91. The van der Waals surface area contributed by atoms with E-state index in [9.17, 15) is 13.6 Å². The van der Waals surface area contributed by atoms with E-state index in [1.807, 2.05) is 26.0 Å². The van der Waals surface area contributed by atoms with Crippen molar-refractivity contribution in [3.63, 3.8) is 0 Å². The normalized spacial score (nSPS) is 13.8. The lowest BCUT2D eigenvalue weighted by Crippen LogP contribution is -2.24. The number of nitrogens with zero attached hydrogens (tertiary/aromatic N) is 2. The molecule has 5 rings (SSSR count). The maximum Gasteiger partial charge on any atom is 0.387 e. The van der Waals surface area contributed by atoms with E-state index in [2.05, 4.69) is 15.2 Å². The number of amides is 1. The summed E-state index contributed by atoms with van der Waals surface area (Å²) in [5, 5.41) is 7.98. The molecule has 1 aliphatic rings. The quantitative estimate of drug-likeness (QED) is 0.307. The predicted molar refractivity (Wildman–Crippen MR) is 134 cm³/mol. The highest BCUT2D eigenvalue weighted by molar-refractivity contribution is 6.30. The molecule has 2 heterocycles. The van der Waals surface area contributed by atoms with Gasteiger partial charge in [0.2, 0.25) is 0 Å². The van der Waals surface area contributed by atoms with Crippen LogP contribution in [0.15, 0.2) is 72.9 Å². The number of aromatic nitrogens is 2. The molecule has 3 aromatic carbocycles. The van der Waals surface area contributed by atoms with E-state index in [1.165, 1.54) is 16.8 Å². The molecule has 9 heteroatoms. The molecule has 1 amide bonds. The molecule has 36 heavy (non-hydrogen) atoms. The first-order valence-electron chi connectivity index (χ1n) is 11.2. The Morgan fingerprint density at radius 3 is 2.47 bits per heavy atom. The summed E-state index contributed by atoms with van der Waals surface area (Å²) in [6.07, 6.45) is 2.34. The number of alkyl halides is 2. The van der Waals surface area contributed by atoms with Gasteiger partial charge in [-0.05, 0) is 61.9 Å². The number of halogens is 3. The van der Waals surface area contributed by atoms with Gasteiger partial charge < -0.3 is 14.8 Å². The fourth-order valence-electron chi connectivity index (χ4n) is 4.19. The van der Waals surface area contributed by atoms with Crippen molar-refractivity contribution in [1.82, 2.24) is 9.78 Å². The number of rotatable bonds is 5. The van der Waals surface area contributed by atoms with Gasteiger partial charge in [0.25, 0.3) is 0 Å². The zero-order chi connectivity index (χ0) is 25.4. The van der Waals surface area contributed by atoms with Crippen molar-refractivity contribution in [1.29, 1.82) is 0 Å². The zero-order valence-electron chi connectivity index (χ0n) is 19.5. The minimum Gasteiger partial charge on any atom is -0.487 e. The lowest BCUT2D eigenvalue weighted by molar-refractivity contribution is -0.0498. The van der Waals surface area contributed by atoms with E-state index in [0.717, 1.165) is 23.3 Å². The highest BCUT2D eigenvalue weighted by Crippen LogP contribution is 2.37. The molecule has 0 saturated heterocycles. The van der Waals surface area contributed by atoms with Gasteiger partial charge in [0.05, 0.1) is 0 Å². The fraction of sp³-hybridized carbons (Fsp3) is 0.185. The summed E-state index contributed by atoms with van der Waals surface area (Å²) < 4.78 is 36.7. The molecule has 0 radical (unpaired) electrons. The van der Waals surface area contributed by atoms with Crippen molar-refractivity contribution in [2.45, 2.75) is 32.5 Å². The average molecular weight is 510 g/mol. The third-order valence-corrected chi connectivity index (χ3v) is 6.00.